The lowest BCUT2D eigenvalue weighted by molar-refractivity contribution is 0.236. The van der Waals surface area contributed by atoms with E-state index in [0.717, 1.165) is 32.0 Å². The predicted molar refractivity (Wildman–Crippen MR) is 79.1 cm³/mol. The van der Waals surface area contributed by atoms with Crippen molar-refractivity contribution in [2.24, 2.45) is 0 Å². The van der Waals surface area contributed by atoms with Crippen molar-refractivity contribution in [1.29, 1.82) is 0 Å². The van der Waals surface area contributed by atoms with Gasteiger partial charge >= 0.3 is 0 Å². The molecule has 1 N–H and O–H groups in total. The number of nitrogens with zero attached hydrogens (tertiary/aromatic N) is 2. The van der Waals surface area contributed by atoms with E-state index in [1.165, 1.54) is 17.7 Å². The monoisotopic (exact) mass is 271 g/mol. The molecule has 0 unspecified atom stereocenters. The molecule has 0 bridgehead atoms. The van der Waals surface area contributed by atoms with Gasteiger partial charge in [-0.3, -0.25) is 10.00 Å². The van der Waals surface area contributed by atoms with Crippen LogP contribution in [0.5, 0.6) is 5.75 Å². The Hall–Kier alpha value is -1.81. The van der Waals surface area contributed by atoms with Crippen LogP contribution in [0.3, 0.4) is 0 Å². The number of para-hydroxylation sites is 1. The highest BCUT2D eigenvalue weighted by atomic mass is 16.5. The van der Waals surface area contributed by atoms with Crippen LogP contribution in [0.4, 0.5) is 0 Å². The molecule has 1 aliphatic heterocycles. The first-order chi connectivity index (χ1) is 9.83. The molecule has 0 radical (unpaired) electrons. The van der Waals surface area contributed by atoms with Gasteiger partial charge in [-0.2, -0.15) is 5.10 Å². The zero-order chi connectivity index (χ0) is 13.8. The largest absolute Gasteiger partial charge is 0.492 e. The fourth-order valence-corrected chi connectivity index (χ4v) is 2.85. The van der Waals surface area contributed by atoms with E-state index in [1.807, 2.05) is 36.5 Å². The minimum atomic E-state index is 0.592. The molecule has 1 aromatic carbocycles. The summed E-state index contributed by atoms with van der Waals surface area (Å²) in [5.74, 6) is 1.54. The van der Waals surface area contributed by atoms with Gasteiger partial charge in [-0.25, -0.2) is 0 Å². The number of aryl methyl sites for hydroxylation is 1. The molecule has 2 heterocycles. The number of aromatic amines is 1. The SMILES string of the molecule is Cc1cn[nH]c1[C@@H]1CCN(CCOc2ccccc2)C1. The first-order valence-electron chi connectivity index (χ1n) is 7.23. The Labute approximate surface area is 119 Å². The highest BCUT2D eigenvalue weighted by Crippen LogP contribution is 2.27. The van der Waals surface area contributed by atoms with E-state index in [9.17, 15) is 0 Å². The Bertz CT molecular complexity index is 538. The van der Waals surface area contributed by atoms with Crippen molar-refractivity contribution in [2.45, 2.75) is 19.3 Å². The van der Waals surface area contributed by atoms with Gasteiger partial charge in [-0.1, -0.05) is 18.2 Å². The highest BCUT2D eigenvalue weighted by molar-refractivity contribution is 5.21. The molecule has 1 fully saturated rings. The van der Waals surface area contributed by atoms with Gasteiger partial charge in [0, 0.05) is 24.7 Å². The summed E-state index contributed by atoms with van der Waals surface area (Å²) in [5, 5.41) is 7.27. The number of likely N-dealkylation sites (tertiary alicyclic amines) is 1. The maximum atomic E-state index is 5.76. The minimum absolute atomic E-state index is 0.592. The third-order valence-electron chi connectivity index (χ3n) is 3.97. The molecule has 1 atom stereocenters. The van der Waals surface area contributed by atoms with Gasteiger partial charge in [-0.15, -0.1) is 0 Å². The van der Waals surface area contributed by atoms with E-state index < -0.39 is 0 Å². The van der Waals surface area contributed by atoms with Crippen molar-refractivity contribution in [3.63, 3.8) is 0 Å². The van der Waals surface area contributed by atoms with Crippen LogP contribution in [0.25, 0.3) is 0 Å². The van der Waals surface area contributed by atoms with Gasteiger partial charge in [0.25, 0.3) is 0 Å². The van der Waals surface area contributed by atoms with Crippen LogP contribution in [-0.4, -0.2) is 41.3 Å². The summed E-state index contributed by atoms with van der Waals surface area (Å²) in [6.07, 6.45) is 3.12. The number of hydrogen-bond acceptors (Lipinski definition) is 3. The molecule has 0 spiro atoms. The van der Waals surface area contributed by atoms with Gasteiger partial charge in [0.15, 0.2) is 0 Å². The van der Waals surface area contributed by atoms with Crippen molar-refractivity contribution in [3.05, 3.63) is 47.8 Å². The molecular formula is C16H21N3O. The van der Waals surface area contributed by atoms with Crippen LogP contribution in [0, 0.1) is 6.92 Å². The Morgan fingerprint density at radius 1 is 1.35 bits per heavy atom. The zero-order valence-electron chi connectivity index (χ0n) is 11.9. The summed E-state index contributed by atoms with van der Waals surface area (Å²) in [7, 11) is 0. The number of H-pyrrole nitrogens is 1. The Morgan fingerprint density at radius 3 is 2.95 bits per heavy atom. The standard InChI is InChI=1S/C16H21N3O/c1-13-11-17-18-16(13)14-7-8-19(12-14)9-10-20-15-5-3-2-4-6-15/h2-6,11,14H,7-10,12H2,1H3,(H,17,18)/t14-/m1/s1. The van der Waals surface area contributed by atoms with E-state index in [4.69, 9.17) is 4.74 Å². The Morgan fingerprint density at radius 2 is 2.20 bits per heavy atom. The molecule has 4 nitrogen and oxygen atoms in total. The van der Waals surface area contributed by atoms with Crippen molar-refractivity contribution in [2.75, 3.05) is 26.2 Å². The highest BCUT2D eigenvalue weighted by Gasteiger charge is 2.25. The second-order valence-electron chi connectivity index (χ2n) is 5.41. The molecule has 106 valence electrons. The lowest BCUT2D eigenvalue weighted by Crippen LogP contribution is -2.26. The molecular weight excluding hydrogens is 250 g/mol. The Balaban J connectivity index is 1.45. The minimum Gasteiger partial charge on any atom is -0.492 e. The summed E-state index contributed by atoms with van der Waals surface area (Å²) in [4.78, 5) is 2.47. The van der Waals surface area contributed by atoms with Crippen LogP contribution < -0.4 is 4.74 Å². The van der Waals surface area contributed by atoms with E-state index in [1.54, 1.807) is 0 Å². The normalized spacial score (nSPS) is 19.4. The topological polar surface area (TPSA) is 41.2 Å². The van der Waals surface area contributed by atoms with Crippen LogP contribution >= 0.6 is 0 Å². The lowest BCUT2D eigenvalue weighted by Gasteiger charge is -2.16. The third-order valence-corrected chi connectivity index (χ3v) is 3.97. The van der Waals surface area contributed by atoms with Crippen LogP contribution in [0.15, 0.2) is 36.5 Å². The van der Waals surface area contributed by atoms with Gasteiger partial charge in [-0.05, 0) is 37.6 Å². The van der Waals surface area contributed by atoms with E-state index in [2.05, 4.69) is 22.0 Å². The molecule has 4 heteroatoms. The molecule has 0 saturated carbocycles. The van der Waals surface area contributed by atoms with Crippen LogP contribution in [0.2, 0.25) is 0 Å². The zero-order valence-corrected chi connectivity index (χ0v) is 11.9. The van der Waals surface area contributed by atoms with E-state index in [0.29, 0.717) is 5.92 Å². The number of aromatic nitrogens is 2. The number of benzene rings is 1. The quantitative estimate of drug-likeness (QED) is 0.908. The number of hydrogen-bond donors (Lipinski definition) is 1. The molecule has 0 aliphatic carbocycles. The molecule has 2 aromatic rings. The van der Waals surface area contributed by atoms with Crippen molar-refractivity contribution < 1.29 is 4.74 Å². The van der Waals surface area contributed by atoms with Crippen LogP contribution in [0.1, 0.15) is 23.6 Å². The molecule has 0 amide bonds. The summed E-state index contributed by atoms with van der Waals surface area (Å²) in [5.41, 5.74) is 2.58. The van der Waals surface area contributed by atoms with Crippen molar-refractivity contribution in [1.82, 2.24) is 15.1 Å². The molecule has 1 aromatic heterocycles. The molecule has 3 rings (SSSR count). The van der Waals surface area contributed by atoms with Gasteiger partial charge in [0.2, 0.25) is 0 Å². The maximum Gasteiger partial charge on any atom is 0.119 e. The second-order valence-corrected chi connectivity index (χ2v) is 5.41. The average Bonchev–Trinajstić information content (AvgIpc) is 3.09. The summed E-state index contributed by atoms with van der Waals surface area (Å²) >= 11 is 0. The molecule has 20 heavy (non-hydrogen) atoms. The first kappa shape index (κ1) is 13.2. The van der Waals surface area contributed by atoms with Gasteiger partial charge < -0.3 is 4.74 Å². The lowest BCUT2D eigenvalue weighted by atomic mass is 10.0. The smallest absolute Gasteiger partial charge is 0.119 e. The van der Waals surface area contributed by atoms with E-state index >= 15 is 0 Å². The summed E-state index contributed by atoms with van der Waals surface area (Å²) in [6, 6.07) is 10.0. The number of rotatable bonds is 5. The van der Waals surface area contributed by atoms with Gasteiger partial charge in [0.1, 0.15) is 12.4 Å². The fraction of sp³-hybridized carbons (Fsp3) is 0.438. The summed E-state index contributed by atoms with van der Waals surface area (Å²) in [6.45, 7) is 6.10. The number of nitrogens with one attached hydrogen (secondary N) is 1. The molecule has 1 aliphatic rings. The van der Waals surface area contributed by atoms with E-state index in [-0.39, 0.29) is 0 Å². The molecule has 1 saturated heterocycles. The average molecular weight is 271 g/mol. The first-order valence-corrected chi connectivity index (χ1v) is 7.23. The maximum absolute atomic E-state index is 5.76. The van der Waals surface area contributed by atoms with Crippen molar-refractivity contribution >= 4 is 0 Å². The van der Waals surface area contributed by atoms with Gasteiger partial charge in [0.05, 0.1) is 6.20 Å². The van der Waals surface area contributed by atoms with Crippen molar-refractivity contribution in [3.8, 4) is 5.75 Å². The number of ether oxygens (including phenoxy) is 1. The summed E-state index contributed by atoms with van der Waals surface area (Å²) < 4.78 is 5.76. The second kappa shape index (κ2) is 6.09. The Kier molecular flexibility index (Phi) is 4.02. The fourth-order valence-electron chi connectivity index (χ4n) is 2.85. The third kappa shape index (κ3) is 3.02. The predicted octanol–water partition coefficient (Wildman–Crippen LogP) is 2.59. The van der Waals surface area contributed by atoms with Crippen LogP contribution in [-0.2, 0) is 0 Å².